The largest absolute Gasteiger partial charge is 0.374 e. The molecule has 0 unspecified atom stereocenters. The highest BCUT2D eigenvalue weighted by molar-refractivity contribution is 7.99. The Morgan fingerprint density at radius 3 is 3.06 bits per heavy atom. The average molecular weight is 271 g/mol. The van der Waals surface area contributed by atoms with Crippen molar-refractivity contribution in [3.05, 3.63) is 29.4 Å². The highest BCUT2D eigenvalue weighted by Gasteiger charge is 2.06. The molecule has 2 rings (SSSR count). The van der Waals surface area contributed by atoms with Gasteiger partial charge in [0.05, 0.1) is 0 Å². The van der Waals surface area contributed by atoms with E-state index in [1.807, 2.05) is 6.92 Å². The molecule has 90 valence electrons. The van der Waals surface area contributed by atoms with Crippen LogP contribution in [-0.4, -0.2) is 26.5 Å². The van der Waals surface area contributed by atoms with Crippen molar-refractivity contribution in [1.82, 2.24) is 19.9 Å². The number of H-pyrrole nitrogens is 1. The van der Waals surface area contributed by atoms with Gasteiger partial charge < -0.3 is 9.72 Å². The molecule has 0 atom stereocenters. The van der Waals surface area contributed by atoms with Crippen molar-refractivity contribution in [2.75, 3.05) is 6.61 Å². The van der Waals surface area contributed by atoms with Crippen LogP contribution >= 0.6 is 23.4 Å². The minimum Gasteiger partial charge on any atom is -0.374 e. The van der Waals surface area contributed by atoms with Gasteiger partial charge in [0.1, 0.15) is 16.8 Å². The molecule has 0 aromatic carbocycles. The van der Waals surface area contributed by atoms with Crippen molar-refractivity contribution >= 4 is 23.4 Å². The van der Waals surface area contributed by atoms with E-state index in [-0.39, 0.29) is 0 Å². The van der Waals surface area contributed by atoms with Crippen molar-refractivity contribution < 1.29 is 4.74 Å². The summed E-state index contributed by atoms with van der Waals surface area (Å²) in [4.78, 5) is 15.5. The lowest BCUT2D eigenvalue weighted by molar-refractivity contribution is 0.128. The van der Waals surface area contributed by atoms with E-state index < -0.39 is 0 Å². The fraction of sp³-hybridized carbons (Fsp3) is 0.300. The lowest BCUT2D eigenvalue weighted by atomic mass is 10.6. The number of nitrogens with zero attached hydrogens (tertiary/aromatic N) is 3. The summed E-state index contributed by atoms with van der Waals surface area (Å²) in [5.41, 5.74) is 0. The molecule has 0 aliphatic heterocycles. The van der Waals surface area contributed by atoms with E-state index in [1.165, 1.54) is 11.8 Å². The van der Waals surface area contributed by atoms with Crippen LogP contribution in [0, 0.1) is 0 Å². The molecule has 0 spiro atoms. The molecular formula is C10H11ClN4OS. The van der Waals surface area contributed by atoms with Gasteiger partial charge in [-0.05, 0) is 18.7 Å². The Morgan fingerprint density at radius 2 is 2.35 bits per heavy atom. The van der Waals surface area contributed by atoms with Gasteiger partial charge >= 0.3 is 0 Å². The molecule has 0 bridgehead atoms. The Bertz CT molecular complexity index is 477. The Kier molecular flexibility index (Phi) is 4.36. The van der Waals surface area contributed by atoms with Crippen LogP contribution in [0.1, 0.15) is 12.7 Å². The normalized spacial score (nSPS) is 10.7. The molecule has 0 saturated carbocycles. The fourth-order valence-electron chi connectivity index (χ4n) is 1.16. The molecule has 0 saturated heterocycles. The van der Waals surface area contributed by atoms with Crippen LogP contribution < -0.4 is 0 Å². The predicted molar refractivity (Wildman–Crippen MR) is 65.1 cm³/mol. The summed E-state index contributed by atoms with van der Waals surface area (Å²) in [5, 5.41) is 1.92. The average Bonchev–Trinajstić information content (AvgIpc) is 2.78. The molecule has 0 aliphatic rings. The minimum atomic E-state index is 0.364. The number of halogens is 1. The first kappa shape index (κ1) is 12.3. The van der Waals surface area contributed by atoms with Gasteiger partial charge in [-0.3, -0.25) is 0 Å². The maximum Gasteiger partial charge on any atom is 0.171 e. The van der Waals surface area contributed by atoms with Crippen molar-refractivity contribution in [2.45, 2.75) is 23.7 Å². The number of aromatic amines is 1. The SMILES string of the molecule is CCOCc1nc(Cl)cc(Sc2ncc[nH]2)n1. The summed E-state index contributed by atoms with van der Waals surface area (Å²) < 4.78 is 5.25. The fourth-order valence-corrected chi connectivity index (χ4v) is 2.18. The zero-order valence-electron chi connectivity index (χ0n) is 9.18. The third-order valence-corrected chi connectivity index (χ3v) is 2.86. The monoisotopic (exact) mass is 270 g/mol. The Morgan fingerprint density at radius 1 is 1.47 bits per heavy atom. The summed E-state index contributed by atoms with van der Waals surface area (Å²) in [6, 6.07) is 1.70. The zero-order valence-corrected chi connectivity index (χ0v) is 10.8. The lowest BCUT2D eigenvalue weighted by Gasteiger charge is -2.03. The van der Waals surface area contributed by atoms with Crippen LogP contribution in [-0.2, 0) is 11.3 Å². The Hall–Kier alpha value is -1.11. The number of hydrogen-bond donors (Lipinski definition) is 1. The first-order valence-electron chi connectivity index (χ1n) is 5.06. The Labute approximate surface area is 108 Å². The van der Waals surface area contributed by atoms with Gasteiger partial charge in [-0.25, -0.2) is 15.0 Å². The summed E-state index contributed by atoms with van der Waals surface area (Å²) in [6.45, 7) is 2.91. The molecule has 2 aromatic heterocycles. The Balaban J connectivity index is 2.13. The molecule has 0 aliphatic carbocycles. The van der Waals surface area contributed by atoms with Crippen LogP contribution in [0.3, 0.4) is 0 Å². The summed E-state index contributed by atoms with van der Waals surface area (Å²) in [7, 11) is 0. The number of ether oxygens (including phenoxy) is 1. The highest BCUT2D eigenvalue weighted by Crippen LogP contribution is 2.24. The van der Waals surface area contributed by atoms with E-state index in [9.17, 15) is 0 Å². The second-order valence-electron chi connectivity index (χ2n) is 3.08. The van der Waals surface area contributed by atoms with Crippen LogP contribution in [0.25, 0.3) is 0 Å². The second-order valence-corrected chi connectivity index (χ2v) is 4.48. The van der Waals surface area contributed by atoms with E-state index in [2.05, 4.69) is 19.9 Å². The highest BCUT2D eigenvalue weighted by atomic mass is 35.5. The van der Waals surface area contributed by atoms with Gasteiger partial charge in [-0.15, -0.1) is 0 Å². The minimum absolute atomic E-state index is 0.364. The summed E-state index contributed by atoms with van der Waals surface area (Å²) in [5.74, 6) is 0.577. The first-order chi connectivity index (χ1) is 8.28. The van der Waals surface area contributed by atoms with Gasteiger partial charge in [0.25, 0.3) is 0 Å². The van der Waals surface area contributed by atoms with Crippen molar-refractivity contribution in [3.63, 3.8) is 0 Å². The van der Waals surface area contributed by atoms with E-state index in [0.29, 0.717) is 24.2 Å². The number of imidazole rings is 1. The molecule has 0 radical (unpaired) electrons. The van der Waals surface area contributed by atoms with E-state index in [4.69, 9.17) is 16.3 Å². The number of aromatic nitrogens is 4. The van der Waals surface area contributed by atoms with Gasteiger partial charge in [-0.1, -0.05) is 11.6 Å². The van der Waals surface area contributed by atoms with Crippen LogP contribution in [0.5, 0.6) is 0 Å². The molecule has 17 heavy (non-hydrogen) atoms. The van der Waals surface area contributed by atoms with Gasteiger partial charge in [0.15, 0.2) is 11.0 Å². The maximum absolute atomic E-state index is 5.92. The van der Waals surface area contributed by atoms with Gasteiger partial charge in [0, 0.05) is 25.1 Å². The maximum atomic E-state index is 5.92. The summed E-state index contributed by atoms with van der Waals surface area (Å²) in [6.07, 6.45) is 3.44. The third-order valence-electron chi connectivity index (χ3n) is 1.83. The molecule has 5 nitrogen and oxygen atoms in total. The van der Waals surface area contributed by atoms with Crippen molar-refractivity contribution in [1.29, 1.82) is 0 Å². The predicted octanol–water partition coefficient (Wildman–Crippen LogP) is 2.54. The van der Waals surface area contributed by atoms with Crippen LogP contribution in [0.2, 0.25) is 5.15 Å². The topological polar surface area (TPSA) is 63.7 Å². The first-order valence-corrected chi connectivity index (χ1v) is 6.26. The molecule has 2 heterocycles. The van der Waals surface area contributed by atoms with Gasteiger partial charge in [0.2, 0.25) is 0 Å². The van der Waals surface area contributed by atoms with Crippen LogP contribution in [0.15, 0.2) is 28.6 Å². The van der Waals surface area contributed by atoms with Crippen molar-refractivity contribution in [2.24, 2.45) is 0 Å². The van der Waals surface area contributed by atoms with E-state index in [1.54, 1.807) is 18.5 Å². The third kappa shape index (κ3) is 3.69. The quantitative estimate of drug-likeness (QED) is 0.846. The molecule has 1 N–H and O–H groups in total. The zero-order chi connectivity index (χ0) is 12.1. The number of rotatable bonds is 5. The molecule has 0 fully saturated rings. The van der Waals surface area contributed by atoms with Gasteiger partial charge in [-0.2, -0.15) is 0 Å². The smallest absolute Gasteiger partial charge is 0.171 e. The van der Waals surface area contributed by atoms with Crippen LogP contribution in [0.4, 0.5) is 0 Å². The second kappa shape index (κ2) is 6.00. The van der Waals surface area contributed by atoms with E-state index in [0.717, 1.165) is 10.2 Å². The standard InChI is InChI=1S/C10H11ClN4OS/c1-2-16-6-8-14-7(11)5-9(15-8)17-10-12-3-4-13-10/h3-5H,2,6H2,1H3,(H,12,13). The number of hydrogen-bond acceptors (Lipinski definition) is 5. The molecular weight excluding hydrogens is 260 g/mol. The summed E-state index contributed by atoms with van der Waals surface area (Å²) >= 11 is 7.32. The van der Waals surface area contributed by atoms with Crippen molar-refractivity contribution in [3.8, 4) is 0 Å². The molecule has 0 amide bonds. The molecule has 2 aromatic rings. The van der Waals surface area contributed by atoms with E-state index >= 15 is 0 Å². The lowest BCUT2D eigenvalue weighted by Crippen LogP contribution is -2.00. The number of nitrogens with one attached hydrogen (secondary N) is 1. The molecule has 7 heteroatoms.